The van der Waals surface area contributed by atoms with Gasteiger partial charge in [-0.15, -0.1) is 0 Å². The summed E-state index contributed by atoms with van der Waals surface area (Å²) in [5.41, 5.74) is 2.44. The zero-order valence-corrected chi connectivity index (χ0v) is 16.0. The highest BCUT2D eigenvalue weighted by Gasteiger charge is 2.25. The average Bonchev–Trinajstić information content (AvgIpc) is 2.63. The molecular weight excluding hydrogens is 336 g/mol. The van der Waals surface area contributed by atoms with E-state index in [2.05, 4.69) is 17.4 Å². The molecule has 6 heteroatoms. The number of carbonyl (C=O) groups is 1. The number of hydrogen-bond acceptors (Lipinski definition) is 5. The van der Waals surface area contributed by atoms with Gasteiger partial charge in [-0.2, -0.15) is 11.8 Å². The molecular formula is C19H28N2O3S. The monoisotopic (exact) mass is 364 g/mol. The van der Waals surface area contributed by atoms with Crippen LogP contribution in [0.4, 0.5) is 0 Å². The number of nitrogens with zero attached hydrogens (tertiary/aromatic N) is 1. The molecule has 5 nitrogen and oxygen atoms in total. The molecule has 1 atom stereocenters. The smallest absolute Gasteiger partial charge is 0.224 e. The molecule has 2 aliphatic heterocycles. The number of fused-ring (bicyclic) bond motifs is 1. The van der Waals surface area contributed by atoms with Gasteiger partial charge in [0.25, 0.3) is 0 Å². The van der Waals surface area contributed by atoms with Crippen molar-refractivity contribution in [2.45, 2.75) is 39.3 Å². The largest absolute Gasteiger partial charge is 0.490 e. The Bertz CT molecular complexity index is 603. The highest BCUT2D eigenvalue weighted by Crippen LogP contribution is 2.34. The van der Waals surface area contributed by atoms with E-state index in [0.717, 1.165) is 42.5 Å². The van der Waals surface area contributed by atoms with Gasteiger partial charge in [0.2, 0.25) is 5.91 Å². The molecule has 0 spiro atoms. The minimum atomic E-state index is 0.248. The summed E-state index contributed by atoms with van der Waals surface area (Å²) in [6.45, 7) is 7.63. The minimum Gasteiger partial charge on any atom is -0.490 e. The van der Waals surface area contributed by atoms with Crippen molar-refractivity contribution in [1.82, 2.24) is 10.2 Å². The first-order valence-corrected chi connectivity index (χ1v) is 10.4. The maximum Gasteiger partial charge on any atom is 0.224 e. The third kappa shape index (κ3) is 4.61. The van der Waals surface area contributed by atoms with Crippen molar-refractivity contribution in [2.75, 3.05) is 37.8 Å². The van der Waals surface area contributed by atoms with Gasteiger partial charge in [0.1, 0.15) is 0 Å². The zero-order valence-electron chi connectivity index (χ0n) is 15.2. The van der Waals surface area contributed by atoms with E-state index >= 15 is 0 Å². The van der Waals surface area contributed by atoms with Gasteiger partial charge in [-0.1, -0.05) is 0 Å². The number of thioether (sulfide) groups is 1. The Kier molecular flexibility index (Phi) is 6.48. The van der Waals surface area contributed by atoms with Crippen LogP contribution in [0.5, 0.6) is 11.5 Å². The Morgan fingerprint density at radius 3 is 2.60 bits per heavy atom. The molecule has 0 aliphatic carbocycles. The molecule has 138 valence electrons. The predicted octanol–water partition coefficient (Wildman–Crippen LogP) is 2.46. The van der Waals surface area contributed by atoms with Crippen LogP contribution in [0.2, 0.25) is 0 Å². The molecule has 1 unspecified atom stereocenters. The van der Waals surface area contributed by atoms with Crippen molar-refractivity contribution < 1.29 is 14.3 Å². The Morgan fingerprint density at radius 1 is 1.24 bits per heavy atom. The highest BCUT2D eigenvalue weighted by molar-refractivity contribution is 7.99. The number of nitrogens with one attached hydrogen (secondary N) is 1. The van der Waals surface area contributed by atoms with E-state index in [-0.39, 0.29) is 5.91 Å². The standard InChI is InChI=1S/C19H28N2O3S/c1-3-23-17-9-14-5-7-21(12-15(14)10-18(17)24-4-2)19(22)11-16-13-25-8-6-20-16/h9-10,16,20H,3-8,11-13H2,1-2H3. The fourth-order valence-electron chi connectivity index (χ4n) is 3.40. The number of hydrogen-bond donors (Lipinski definition) is 1. The summed E-state index contributed by atoms with van der Waals surface area (Å²) in [6, 6.07) is 4.45. The number of amides is 1. The van der Waals surface area contributed by atoms with Crippen molar-refractivity contribution >= 4 is 17.7 Å². The van der Waals surface area contributed by atoms with Crippen LogP contribution in [0, 0.1) is 0 Å². The second-order valence-electron chi connectivity index (χ2n) is 6.43. The van der Waals surface area contributed by atoms with Crippen molar-refractivity contribution in [1.29, 1.82) is 0 Å². The van der Waals surface area contributed by atoms with Gasteiger partial charge in [-0.05, 0) is 43.5 Å². The van der Waals surface area contributed by atoms with Gasteiger partial charge in [-0.25, -0.2) is 0 Å². The number of carbonyl (C=O) groups excluding carboxylic acids is 1. The molecule has 1 aromatic rings. The van der Waals surface area contributed by atoms with Gasteiger partial charge in [-0.3, -0.25) is 4.79 Å². The van der Waals surface area contributed by atoms with E-state index < -0.39 is 0 Å². The first-order valence-electron chi connectivity index (χ1n) is 9.21. The zero-order chi connectivity index (χ0) is 17.6. The van der Waals surface area contributed by atoms with Gasteiger partial charge < -0.3 is 19.7 Å². The molecule has 2 heterocycles. The molecule has 1 aromatic carbocycles. The van der Waals surface area contributed by atoms with Crippen LogP contribution in [-0.2, 0) is 17.8 Å². The van der Waals surface area contributed by atoms with E-state index in [1.54, 1.807) is 0 Å². The molecule has 25 heavy (non-hydrogen) atoms. The van der Waals surface area contributed by atoms with Gasteiger partial charge >= 0.3 is 0 Å². The minimum absolute atomic E-state index is 0.248. The fraction of sp³-hybridized carbons (Fsp3) is 0.632. The summed E-state index contributed by atoms with van der Waals surface area (Å²) in [5.74, 6) is 4.01. The van der Waals surface area contributed by atoms with E-state index in [4.69, 9.17) is 9.47 Å². The lowest BCUT2D eigenvalue weighted by Gasteiger charge is -2.32. The summed E-state index contributed by atoms with van der Waals surface area (Å²) in [7, 11) is 0. The maximum absolute atomic E-state index is 12.7. The molecule has 2 aliphatic rings. The van der Waals surface area contributed by atoms with Crippen molar-refractivity contribution in [2.24, 2.45) is 0 Å². The summed E-state index contributed by atoms with van der Waals surface area (Å²) >= 11 is 1.93. The lowest BCUT2D eigenvalue weighted by atomic mass is 9.98. The summed E-state index contributed by atoms with van der Waals surface area (Å²) in [5, 5.41) is 3.45. The lowest BCUT2D eigenvalue weighted by Crippen LogP contribution is -2.43. The van der Waals surface area contributed by atoms with Crippen LogP contribution < -0.4 is 14.8 Å². The second-order valence-corrected chi connectivity index (χ2v) is 7.58. The normalized spacial score (nSPS) is 20.1. The van der Waals surface area contributed by atoms with Crippen LogP contribution in [0.3, 0.4) is 0 Å². The number of benzene rings is 1. The molecule has 0 saturated carbocycles. The number of rotatable bonds is 6. The Hall–Kier alpha value is -1.40. The molecule has 0 aromatic heterocycles. The van der Waals surface area contributed by atoms with E-state index in [0.29, 0.717) is 32.2 Å². The van der Waals surface area contributed by atoms with Crippen LogP contribution in [0.15, 0.2) is 12.1 Å². The van der Waals surface area contributed by atoms with Crippen LogP contribution in [0.25, 0.3) is 0 Å². The highest BCUT2D eigenvalue weighted by atomic mass is 32.2. The summed E-state index contributed by atoms with van der Waals surface area (Å²) in [6.07, 6.45) is 1.47. The SMILES string of the molecule is CCOc1cc2c(cc1OCC)CN(C(=O)CC1CSCCN1)CC2. The van der Waals surface area contributed by atoms with Crippen molar-refractivity contribution in [3.8, 4) is 11.5 Å². The predicted molar refractivity (Wildman–Crippen MR) is 102 cm³/mol. The Labute approximate surface area is 154 Å². The van der Waals surface area contributed by atoms with Crippen molar-refractivity contribution in [3.05, 3.63) is 23.3 Å². The molecule has 1 fully saturated rings. The maximum atomic E-state index is 12.7. The summed E-state index contributed by atoms with van der Waals surface area (Å²) < 4.78 is 11.4. The van der Waals surface area contributed by atoms with Gasteiger partial charge in [0, 0.05) is 43.6 Å². The molecule has 3 rings (SSSR count). The lowest BCUT2D eigenvalue weighted by molar-refractivity contribution is -0.132. The molecule has 1 N–H and O–H groups in total. The molecule has 0 bridgehead atoms. The molecule has 0 radical (unpaired) electrons. The first kappa shape index (κ1) is 18.4. The fourth-order valence-corrected chi connectivity index (χ4v) is 4.35. The van der Waals surface area contributed by atoms with E-state index in [1.807, 2.05) is 30.5 Å². The molecule has 1 amide bonds. The van der Waals surface area contributed by atoms with Gasteiger partial charge in [0.15, 0.2) is 11.5 Å². The topological polar surface area (TPSA) is 50.8 Å². The molecule has 1 saturated heterocycles. The Balaban J connectivity index is 1.69. The quantitative estimate of drug-likeness (QED) is 0.840. The van der Waals surface area contributed by atoms with Crippen LogP contribution >= 0.6 is 11.8 Å². The van der Waals surface area contributed by atoms with Crippen molar-refractivity contribution in [3.63, 3.8) is 0 Å². The van der Waals surface area contributed by atoms with E-state index in [9.17, 15) is 4.79 Å². The number of ether oxygens (including phenoxy) is 2. The third-order valence-electron chi connectivity index (χ3n) is 4.65. The van der Waals surface area contributed by atoms with Crippen LogP contribution in [0.1, 0.15) is 31.4 Å². The van der Waals surface area contributed by atoms with Crippen LogP contribution in [-0.4, -0.2) is 54.7 Å². The van der Waals surface area contributed by atoms with E-state index in [1.165, 1.54) is 11.1 Å². The Morgan fingerprint density at radius 2 is 1.96 bits per heavy atom. The average molecular weight is 365 g/mol. The van der Waals surface area contributed by atoms with Gasteiger partial charge in [0.05, 0.1) is 13.2 Å². The first-order chi connectivity index (χ1) is 12.2. The second kappa shape index (κ2) is 8.81. The third-order valence-corrected chi connectivity index (χ3v) is 5.78. The summed E-state index contributed by atoms with van der Waals surface area (Å²) in [4.78, 5) is 14.7.